The van der Waals surface area contributed by atoms with Crippen LogP contribution in [0.2, 0.25) is 0 Å². The molecule has 0 aliphatic carbocycles. The van der Waals surface area contributed by atoms with Crippen LogP contribution in [0.4, 0.5) is 9.18 Å². The number of hydrogen-bond acceptors (Lipinski definition) is 6. The molecule has 0 unspecified atom stereocenters. The molecule has 9 nitrogen and oxygen atoms in total. The minimum atomic E-state index is -1.19. The van der Waals surface area contributed by atoms with Crippen LogP contribution in [0.3, 0.4) is 0 Å². The average molecular weight is 511 g/mol. The number of benzene rings is 2. The molecular formula is C27H31FN4O5. The Morgan fingerprint density at radius 3 is 2.70 bits per heavy atom. The number of phenols is 1. The fraction of sp³-hybridized carbons (Fsp3) is 0.407. The van der Waals surface area contributed by atoms with Gasteiger partial charge in [0.25, 0.3) is 5.91 Å². The van der Waals surface area contributed by atoms with Crippen LogP contribution in [-0.2, 0) is 11.2 Å². The molecule has 5 rings (SSSR count). The van der Waals surface area contributed by atoms with Crippen molar-refractivity contribution in [3.63, 3.8) is 0 Å². The number of hydrogen-bond donors (Lipinski definition) is 3. The summed E-state index contributed by atoms with van der Waals surface area (Å²) in [6.45, 7) is 5.48. The van der Waals surface area contributed by atoms with Crippen LogP contribution >= 0.6 is 0 Å². The highest BCUT2D eigenvalue weighted by Crippen LogP contribution is 2.49. The van der Waals surface area contributed by atoms with Crippen LogP contribution in [-0.4, -0.2) is 87.3 Å². The second-order valence-corrected chi connectivity index (χ2v) is 9.76. The summed E-state index contributed by atoms with van der Waals surface area (Å²) in [7, 11) is 1.40. The maximum absolute atomic E-state index is 14.5. The van der Waals surface area contributed by atoms with Crippen LogP contribution < -0.4 is 4.74 Å². The number of ether oxygens (including phenoxy) is 1. The molecule has 1 fully saturated rings. The van der Waals surface area contributed by atoms with Crippen LogP contribution in [0.5, 0.6) is 11.5 Å². The van der Waals surface area contributed by atoms with Crippen LogP contribution in [0, 0.1) is 5.82 Å². The number of carbonyl (C=O) groups is 2. The Morgan fingerprint density at radius 2 is 2.03 bits per heavy atom. The summed E-state index contributed by atoms with van der Waals surface area (Å²) >= 11 is 0. The molecule has 3 amide bonds. The van der Waals surface area contributed by atoms with Crippen molar-refractivity contribution in [2.75, 3.05) is 39.9 Å². The number of aliphatic hydroxyl groups is 1. The maximum Gasteiger partial charge on any atom is 0.328 e. The van der Waals surface area contributed by atoms with Gasteiger partial charge in [0, 0.05) is 48.7 Å². The highest BCUT2D eigenvalue weighted by Gasteiger charge is 2.60. The number of methoxy groups -OCH3 is 1. The van der Waals surface area contributed by atoms with E-state index >= 15 is 0 Å². The molecule has 10 heteroatoms. The highest BCUT2D eigenvalue weighted by molar-refractivity contribution is 6.08. The number of halogens is 1. The smallest absolute Gasteiger partial charge is 0.328 e. The Labute approximate surface area is 214 Å². The molecule has 0 radical (unpaired) electrons. The molecular weight excluding hydrogens is 479 g/mol. The van der Waals surface area contributed by atoms with Crippen molar-refractivity contribution < 1.29 is 28.9 Å². The molecule has 3 N–H and O–H groups in total. The zero-order valence-corrected chi connectivity index (χ0v) is 21.1. The van der Waals surface area contributed by atoms with E-state index in [1.807, 2.05) is 11.8 Å². The largest absolute Gasteiger partial charge is 0.508 e. The van der Waals surface area contributed by atoms with Crippen LogP contribution in [0.25, 0.3) is 10.9 Å². The standard InChI is InChI=1S/C27H31FN4O5/c1-4-30(10-11-33)8-9-31-25(35)27(2)15-19-18-13-22(37-3)20(28)14-21(18)29-23(19)24(32(27)26(31)36)16-6-5-7-17(34)12-16/h5-7,12-14,24,29,33-34H,4,8-11,15H2,1-3H3/t24-,27+/m1/s1. The number of aliphatic hydroxyl groups excluding tert-OH is 1. The average Bonchev–Trinajstić information content (AvgIpc) is 3.30. The van der Waals surface area contributed by atoms with Crippen molar-refractivity contribution in [1.82, 2.24) is 19.7 Å². The fourth-order valence-electron chi connectivity index (χ4n) is 5.72. The predicted molar refractivity (Wildman–Crippen MR) is 135 cm³/mol. The van der Waals surface area contributed by atoms with E-state index in [1.54, 1.807) is 42.2 Å². The lowest BCUT2D eigenvalue weighted by atomic mass is 9.81. The number of amides is 3. The number of aromatic hydroxyl groups is 1. The third-order valence-corrected chi connectivity index (χ3v) is 7.63. The van der Waals surface area contributed by atoms with Crippen molar-refractivity contribution in [2.45, 2.75) is 31.8 Å². The molecule has 3 aromatic rings. The number of nitrogens with one attached hydrogen (secondary N) is 1. The van der Waals surface area contributed by atoms with E-state index in [1.165, 1.54) is 18.1 Å². The third-order valence-electron chi connectivity index (χ3n) is 7.63. The SMILES string of the molecule is CCN(CCO)CCN1C(=O)N2[C@H](c3cccc(O)c3)c3[nH]c4cc(F)c(OC)cc4c3C[C@@]2(C)C1=O. The summed E-state index contributed by atoms with van der Waals surface area (Å²) in [4.78, 5) is 35.9. The predicted octanol–water partition coefficient (Wildman–Crippen LogP) is 3.00. The van der Waals surface area contributed by atoms with Crippen molar-refractivity contribution in [1.29, 1.82) is 0 Å². The molecule has 0 spiro atoms. The summed E-state index contributed by atoms with van der Waals surface area (Å²) in [6, 6.07) is 8.46. The lowest BCUT2D eigenvalue weighted by molar-refractivity contribution is -0.133. The number of H-pyrrole nitrogens is 1. The lowest BCUT2D eigenvalue weighted by Crippen LogP contribution is -2.53. The van der Waals surface area contributed by atoms with E-state index in [-0.39, 0.29) is 37.0 Å². The Hall–Kier alpha value is -3.63. The van der Waals surface area contributed by atoms with Gasteiger partial charge in [0.2, 0.25) is 0 Å². The first-order valence-corrected chi connectivity index (χ1v) is 12.4. The number of likely N-dealkylation sites (N-methyl/N-ethyl adjacent to an activating group) is 1. The van der Waals surface area contributed by atoms with Gasteiger partial charge in [0.05, 0.1) is 13.7 Å². The number of carbonyl (C=O) groups excluding carboxylic acids is 2. The molecule has 2 aliphatic heterocycles. The number of phenolic OH excluding ortho intramolecular Hbond substituents is 1. The molecule has 2 aliphatic rings. The van der Waals surface area contributed by atoms with Gasteiger partial charge in [-0.15, -0.1) is 0 Å². The normalized spacial score (nSPS) is 21.2. The van der Waals surface area contributed by atoms with Gasteiger partial charge >= 0.3 is 6.03 Å². The maximum atomic E-state index is 14.5. The molecule has 0 saturated carbocycles. The van der Waals surface area contributed by atoms with E-state index in [9.17, 15) is 24.2 Å². The molecule has 0 bridgehead atoms. The monoisotopic (exact) mass is 510 g/mol. The Morgan fingerprint density at radius 1 is 1.24 bits per heavy atom. The molecule has 2 aromatic carbocycles. The van der Waals surface area contributed by atoms with Crippen LogP contribution in [0.1, 0.15) is 36.7 Å². The summed E-state index contributed by atoms with van der Waals surface area (Å²) in [5.74, 6) is -0.699. The van der Waals surface area contributed by atoms with Gasteiger partial charge in [-0.25, -0.2) is 9.18 Å². The summed E-state index contributed by atoms with van der Waals surface area (Å²) in [6.07, 6.45) is 0.238. The van der Waals surface area contributed by atoms with Gasteiger partial charge < -0.3 is 19.9 Å². The number of imide groups is 1. The van der Waals surface area contributed by atoms with Gasteiger partial charge in [-0.05, 0) is 42.8 Å². The van der Waals surface area contributed by atoms with Gasteiger partial charge in [-0.2, -0.15) is 0 Å². The Balaban J connectivity index is 1.64. The number of nitrogens with zero attached hydrogens (tertiary/aromatic N) is 3. The topological polar surface area (TPSA) is 109 Å². The zero-order valence-electron chi connectivity index (χ0n) is 21.1. The molecule has 37 heavy (non-hydrogen) atoms. The molecule has 1 aromatic heterocycles. The lowest BCUT2D eigenvalue weighted by Gasteiger charge is -2.42. The summed E-state index contributed by atoms with van der Waals surface area (Å²) < 4.78 is 19.8. The summed E-state index contributed by atoms with van der Waals surface area (Å²) in [5, 5.41) is 20.3. The Bertz CT molecular complexity index is 1370. The van der Waals surface area contributed by atoms with E-state index < -0.39 is 23.4 Å². The van der Waals surface area contributed by atoms with E-state index in [4.69, 9.17) is 4.74 Å². The number of urea groups is 1. The van der Waals surface area contributed by atoms with Gasteiger partial charge in [0.1, 0.15) is 17.3 Å². The molecule has 2 atom stereocenters. The van der Waals surface area contributed by atoms with Crippen molar-refractivity contribution in [3.05, 3.63) is 59.0 Å². The number of rotatable bonds is 8. The van der Waals surface area contributed by atoms with Gasteiger partial charge in [-0.1, -0.05) is 19.1 Å². The first-order valence-electron chi connectivity index (χ1n) is 12.4. The Kier molecular flexibility index (Phi) is 6.33. The quantitative estimate of drug-likeness (QED) is 0.402. The van der Waals surface area contributed by atoms with E-state index in [0.29, 0.717) is 36.4 Å². The van der Waals surface area contributed by atoms with Crippen molar-refractivity contribution >= 4 is 22.8 Å². The molecule has 3 heterocycles. The highest BCUT2D eigenvalue weighted by atomic mass is 19.1. The fourth-order valence-corrected chi connectivity index (χ4v) is 5.72. The van der Waals surface area contributed by atoms with Crippen molar-refractivity contribution in [3.8, 4) is 11.5 Å². The zero-order chi connectivity index (χ0) is 26.5. The van der Waals surface area contributed by atoms with Crippen molar-refractivity contribution in [2.24, 2.45) is 0 Å². The summed E-state index contributed by atoms with van der Waals surface area (Å²) in [5.41, 5.74) is 1.45. The first-order chi connectivity index (χ1) is 17.7. The molecule has 196 valence electrons. The van der Waals surface area contributed by atoms with E-state index in [0.717, 1.165) is 10.9 Å². The number of aromatic nitrogens is 1. The second kappa shape index (κ2) is 9.35. The minimum Gasteiger partial charge on any atom is -0.508 e. The third kappa shape index (κ3) is 3.91. The minimum absolute atomic E-state index is 0.00901. The van der Waals surface area contributed by atoms with Crippen LogP contribution in [0.15, 0.2) is 36.4 Å². The van der Waals surface area contributed by atoms with E-state index in [2.05, 4.69) is 4.98 Å². The number of fused-ring (bicyclic) bond motifs is 4. The van der Waals surface area contributed by atoms with Gasteiger partial charge in [0.15, 0.2) is 11.6 Å². The first kappa shape index (κ1) is 25.0. The molecule has 1 saturated heterocycles. The number of aromatic amines is 1. The second-order valence-electron chi connectivity index (χ2n) is 9.76. The van der Waals surface area contributed by atoms with Gasteiger partial charge in [-0.3, -0.25) is 19.5 Å².